The molecule has 1 rings (SSSR count). The molecule has 6 heteroatoms. The highest BCUT2D eigenvalue weighted by Gasteiger charge is 2.20. The molecule has 0 radical (unpaired) electrons. The molecule has 1 aliphatic heterocycles. The van der Waals surface area contributed by atoms with Crippen molar-refractivity contribution < 1.29 is 14.4 Å². The van der Waals surface area contributed by atoms with Crippen LogP contribution in [0.15, 0.2) is 5.16 Å². The van der Waals surface area contributed by atoms with Crippen LogP contribution in [-0.2, 0) is 9.57 Å². The minimum atomic E-state index is -0.479. The summed E-state index contributed by atoms with van der Waals surface area (Å²) < 4.78 is 5.19. The molecule has 0 aliphatic carbocycles. The predicted octanol–water partition coefficient (Wildman–Crippen LogP) is 1.11. The fourth-order valence-corrected chi connectivity index (χ4v) is 1.44. The number of thioether (sulfide) groups is 1. The fraction of sp³-hybridized carbons (Fsp3) is 0.714. The van der Waals surface area contributed by atoms with E-state index in [2.05, 4.69) is 9.99 Å². The van der Waals surface area contributed by atoms with Crippen LogP contribution < -0.4 is 0 Å². The molecule has 13 heavy (non-hydrogen) atoms. The number of carbonyl (C=O) groups excluding carboxylic acids is 1. The van der Waals surface area contributed by atoms with Gasteiger partial charge in [0.2, 0.25) is 0 Å². The second-order valence-corrected chi connectivity index (χ2v) is 3.69. The van der Waals surface area contributed by atoms with Crippen molar-refractivity contribution in [2.45, 2.75) is 13.0 Å². The first-order valence-corrected chi connectivity index (χ1v) is 4.80. The van der Waals surface area contributed by atoms with Crippen molar-refractivity contribution in [3.63, 3.8) is 0 Å². The van der Waals surface area contributed by atoms with Crippen LogP contribution in [0.25, 0.3) is 0 Å². The van der Waals surface area contributed by atoms with Gasteiger partial charge in [0.1, 0.15) is 11.1 Å². The van der Waals surface area contributed by atoms with Crippen LogP contribution in [0.2, 0.25) is 0 Å². The Morgan fingerprint density at radius 1 is 1.77 bits per heavy atom. The summed E-state index contributed by atoms with van der Waals surface area (Å²) in [5, 5.41) is 4.39. The van der Waals surface area contributed by atoms with E-state index < -0.39 is 6.09 Å². The molecule has 1 atom stereocenters. The molecule has 1 unspecified atom stereocenters. The zero-order valence-electron chi connectivity index (χ0n) is 7.81. The number of ether oxygens (including phenoxy) is 1. The highest BCUT2D eigenvalue weighted by atomic mass is 32.2. The fourth-order valence-electron chi connectivity index (χ4n) is 0.651. The van der Waals surface area contributed by atoms with Crippen LogP contribution >= 0.6 is 11.8 Å². The average Bonchev–Trinajstić information content (AvgIpc) is 2.47. The van der Waals surface area contributed by atoms with E-state index in [1.54, 1.807) is 14.1 Å². The third-order valence-corrected chi connectivity index (χ3v) is 2.41. The second kappa shape index (κ2) is 4.48. The molecule has 74 valence electrons. The molecule has 0 spiro atoms. The number of amides is 1. The molecule has 0 aromatic carbocycles. The van der Waals surface area contributed by atoms with Crippen LogP contribution in [0.4, 0.5) is 4.79 Å². The van der Waals surface area contributed by atoms with Crippen LogP contribution in [0, 0.1) is 0 Å². The Labute approximate surface area is 81.0 Å². The lowest BCUT2D eigenvalue weighted by atomic mass is 10.4. The third kappa shape index (κ3) is 2.89. The molecule has 0 bridgehead atoms. The van der Waals surface area contributed by atoms with Gasteiger partial charge < -0.3 is 9.64 Å². The Balaban J connectivity index is 2.43. The molecule has 0 N–H and O–H groups in total. The lowest BCUT2D eigenvalue weighted by Gasteiger charge is -2.06. The highest BCUT2D eigenvalue weighted by Crippen LogP contribution is 2.19. The van der Waals surface area contributed by atoms with Crippen LogP contribution in [0.3, 0.4) is 0 Å². The van der Waals surface area contributed by atoms with Gasteiger partial charge in [-0.05, 0) is 6.92 Å². The second-order valence-electron chi connectivity index (χ2n) is 2.75. The molecule has 0 saturated carbocycles. The molecule has 1 heterocycles. The van der Waals surface area contributed by atoms with Crippen molar-refractivity contribution in [1.82, 2.24) is 4.90 Å². The first kappa shape index (κ1) is 10.3. The zero-order chi connectivity index (χ0) is 9.84. The lowest BCUT2D eigenvalue weighted by Crippen LogP contribution is -2.21. The Morgan fingerprint density at radius 3 is 2.92 bits per heavy atom. The van der Waals surface area contributed by atoms with E-state index in [1.165, 1.54) is 16.7 Å². The van der Waals surface area contributed by atoms with Crippen LogP contribution in [0.1, 0.15) is 6.92 Å². The van der Waals surface area contributed by atoms with Gasteiger partial charge in [-0.2, -0.15) is 0 Å². The zero-order valence-corrected chi connectivity index (χ0v) is 8.63. The van der Waals surface area contributed by atoms with E-state index in [0.29, 0.717) is 11.0 Å². The Bertz CT molecular complexity index is 230. The summed E-state index contributed by atoms with van der Waals surface area (Å²) in [6, 6.07) is 0. The number of rotatable bonds is 1. The normalized spacial score (nSPS) is 24.8. The molecule has 5 nitrogen and oxygen atoms in total. The highest BCUT2D eigenvalue weighted by molar-refractivity contribution is 8.14. The van der Waals surface area contributed by atoms with Crippen molar-refractivity contribution in [2.75, 3.05) is 20.0 Å². The van der Waals surface area contributed by atoms with E-state index in [4.69, 9.17) is 4.74 Å². The van der Waals surface area contributed by atoms with E-state index in [-0.39, 0.29) is 6.10 Å². The molecular formula is C7H12N2O3S. The van der Waals surface area contributed by atoms with Gasteiger partial charge in [-0.3, -0.25) is 4.84 Å². The molecular weight excluding hydrogens is 192 g/mol. The van der Waals surface area contributed by atoms with Crippen LogP contribution in [-0.4, -0.2) is 42.2 Å². The van der Waals surface area contributed by atoms with E-state index in [9.17, 15) is 4.79 Å². The molecule has 1 aliphatic rings. The summed E-state index contributed by atoms with van der Waals surface area (Å²) in [5.41, 5.74) is 0. The van der Waals surface area contributed by atoms with Gasteiger partial charge in [0.25, 0.3) is 0 Å². The summed E-state index contributed by atoms with van der Waals surface area (Å²) in [5.74, 6) is 0.569. The maximum absolute atomic E-state index is 11.0. The minimum absolute atomic E-state index is 0.0695. The van der Waals surface area contributed by atoms with Gasteiger partial charge in [0.15, 0.2) is 0 Å². The average molecular weight is 204 g/mol. The maximum atomic E-state index is 11.0. The Kier molecular flexibility index (Phi) is 3.56. The third-order valence-electron chi connectivity index (χ3n) is 1.45. The smallest absolute Gasteiger partial charge is 0.361 e. The maximum Gasteiger partial charge on any atom is 0.435 e. The quantitative estimate of drug-likeness (QED) is 0.474. The van der Waals surface area contributed by atoms with Crippen molar-refractivity contribution in [2.24, 2.45) is 5.16 Å². The number of oxime groups is 1. The number of hydrogen-bond donors (Lipinski definition) is 0. The summed E-state index contributed by atoms with van der Waals surface area (Å²) in [6.45, 7) is 1.86. The number of nitrogens with zero attached hydrogens (tertiary/aromatic N) is 2. The topological polar surface area (TPSA) is 51.1 Å². The molecule has 0 aromatic heterocycles. The standard InChI is InChI=1S/C7H12N2O3S/c1-5-6(13-4-11-5)8-12-7(10)9(2)3/h5H,4H2,1-3H3/b8-6-. The van der Waals surface area contributed by atoms with Gasteiger partial charge in [0.05, 0.1) is 5.94 Å². The van der Waals surface area contributed by atoms with E-state index in [1.807, 2.05) is 6.92 Å². The largest absolute Gasteiger partial charge is 0.435 e. The van der Waals surface area contributed by atoms with Crippen molar-refractivity contribution in [1.29, 1.82) is 0 Å². The summed E-state index contributed by atoms with van der Waals surface area (Å²) in [7, 11) is 3.20. The molecule has 1 saturated heterocycles. The minimum Gasteiger partial charge on any atom is -0.361 e. The van der Waals surface area contributed by atoms with Gasteiger partial charge in [-0.1, -0.05) is 16.9 Å². The first-order valence-electron chi connectivity index (χ1n) is 3.82. The van der Waals surface area contributed by atoms with Crippen molar-refractivity contribution in [3.05, 3.63) is 0 Å². The SMILES string of the molecule is CC1OCS/C1=N\OC(=O)N(C)C. The van der Waals surface area contributed by atoms with Crippen LogP contribution in [0.5, 0.6) is 0 Å². The van der Waals surface area contributed by atoms with Crippen molar-refractivity contribution >= 4 is 22.9 Å². The van der Waals surface area contributed by atoms with Gasteiger partial charge in [0, 0.05) is 14.1 Å². The molecule has 1 fully saturated rings. The number of hydrogen-bond acceptors (Lipinski definition) is 5. The van der Waals surface area contributed by atoms with Gasteiger partial charge in [-0.25, -0.2) is 4.79 Å². The number of carbonyl (C=O) groups is 1. The van der Waals surface area contributed by atoms with Crippen molar-refractivity contribution in [3.8, 4) is 0 Å². The Morgan fingerprint density at radius 2 is 2.46 bits per heavy atom. The summed E-state index contributed by atoms with van der Waals surface area (Å²) in [4.78, 5) is 16.9. The molecule has 1 amide bonds. The van der Waals surface area contributed by atoms with E-state index in [0.717, 1.165) is 0 Å². The predicted molar refractivity (Wildman–Crippen MR) is 50.6 cm³/mol. The summed E-state index contributed by atoms with van der Waals surface area (Å²) >= 11 is 1.44. The van der Waals surface area contributed by atoms with Gasteiger partial charge in [-0.15, -0.1) is 0 Å². The van der Waals surface area contributed by atoms with Gasteiger partial charge >= 0.3 is 6.09 Å². The van der Waals surface area contributed by atoms with E-state index >= 15 is 0 Å². The monoisotopic (exact) mass is 204 g/mol. The molecule has 0 aromatic rings. The first-order chi connectivity index (χ1) is 6.11. The lowest BCUT2D eigenvalue weighted by molar-refractivity contribution is 0.119. The Hall–Kier alpha value is -0.750. The summed E-state index contributed by atoms with van der Waals surface area (Å²) in [6.07, 6.45) is -0.549.